The molecule has 0 aliphatic carbocycles. The van der Waals surface area contributed by atoms with E-state index in [1.165, 1.54) is 10.9 Å². The highest BCUT2D eigenvalue weighted by Gasteiger charge is 2.27. The first-order chi connectivity index (χ1) is 10.1. The van der Waals surface area contributed by atoms with Gasteiger partial charge in [0.05, 0.1) is 23.0 Å². The quantitative estimate of drug-likeness (QED) is 0.939. The lowest BCUT2D eigenvalue weighted by Gasteiger charge is -2.06. The highest BCUT2D eigenvalue weighted by atomic mass is 35.5. The molecular formula is C14H12Cl2N2O3. The Morgan fingerprint density at radius 2 is 2.24 bits per heavy atom. The minimum Gasteiger partial charge on any atom is -0.478 e. The summed E-state index contributed by atoms with van der Waals surface area (Å²) in [6, 6.07) is 4.99. The molecule has 1 N–H and O–H groups in total. The largest absolute Gasteiger partial charge is 0.478 e. The maximum Gasteiger partial charge on any atom is 0.339 e. The Bertz CT molecular complexity index is 694. The summed E-state index contributed by atoms with van der Waals surface area (Å²) >= 11 is 12.0. The van der Waals surface area contributed by atoms with Gasteiger partial charge in [-0.3, -0.25) is 0 Å². The van der Waals surface area contributed by atoms with Crippen LogP contribution in [0.25, 0.3) is 5.69 Å². The molecule has 0 spiro atoms. The molecule has 7 heteroatoms. The zero-order valence-corrected chi connectivity index (χ0v) is 12.4. The van der Waals surface area contributed by atoms with E-state index in [0.717, 1.165) is 6.42 Å². The van der Waals surface area contributed by atoms with Gasteiger partial charge in [-0.1, -0.05) is 23.2 Å². The molecule has 1 aromatic carbocycles. The second-order valence-corrected chi connectivity index (χ2v) is 5.68. The Morgan fingerprint density at radius 1 is 1.43 bits per heavy atom. The number of hydrogen-bond acceptors (Lipinski definition) is 3. The van der Waals surface area contributed by atoms with E-state index in [2.05, 4.69) is 5.10 Å². The molecule has 2 aromatic rings. The maximum absolute atomic E-state index is 11.4. The Morgan fingerprint density at radius 3 is 2.86 bits per heavy atom. The Balaban J connectivity index is 2.07. The van der Waals surface area contributed by atoms with Crippen LogP contribution in [0.1, 0.15) is 28.4 Å². The van der Waals surface area contributed by atoms with Gasteiger partial charge in [-0.15, -0.1) is 0 Å². The monoisotopic (exact) mass is 326 g/mol. The first kappa shape index (κ1) is 14.4. The Hall–Kier alpha value is -1.56. The molecule has 21 heavy (non-hydrogen) atoms. The van der Waals surface area contributed by atoms with Crippen molar-refractivity contribution in [3.8, 4) is 5.69 Å². The van der Waals surface area contributed by atoms with Gasteiger partial charge in [-0.25, -0.2) is 9.48 Å². The minimum absolute atomic E-state index is 0.00317. The van der Waals surface area contributed by atoms with Crippen molar-refractivity contribution in [2.24, 2.45) is 0 Å². The van der Waals surface area contributed by atoms with Crippen LogP contribution >= 0.6 is 23.2 Å². The molecule has 1 unspecified atom stereocenters. The summed E-state index contributed by atoms with van der Waals surface area (Å²) in [6.07, 6.45) is 2.25. The van der Waals surface area contributed by atoms with Crippen LogP contribution in [-0.2, 0) is 4.74 Å². The predicted octanol–water partition coefficient (Wildman–Crippen LogP) is 3.38. The molecule has 1 saturated heterocycles. The van der Waals surface area contributed by atoms with Gasteiger partial charge in [0.1, 0.15) is 5.56 Å². The molecule has 1 fully saturated rings. The van der Waals surface area contributed by atoms with Crippen LogP contribution in [-0.4, -0.2) is 34.1 Å². The number of ether oxygens (including phenoxy) is 1. The fourth-order valence-electron chi connectivity index (χ4n) is 2.39. The number of aromatic nitrogens is 2. The molecular weight excluding hydrogens is 315 g/mol. The fraction of sp³-hybridized carbons (Fsp3) is 0.286. The van der Waals surface area contributed by atoms with Gasteiger partial charge in [0, 0.05) is 23.7 Å². The third-order valence-corrected chi connectivity index (χ3v) is 3.98. The van der Waals surface area contributed by atoms with Crippen molar-refractivity contribution < 1.29 is 14.6 Å². The first-order valence-electron chi connectivity index (χ1n) is 6.42. The predicted molar refractivity (Wildman–Crippen MR) is 78.7 cm³/mol. The summed E-state index contributed by atoms with van der Waals surface area (Å²) < 4.78 is 6.80. The maximum atomic E-state index is 11.4. The lowest BCUT2D eigenvalue weighted by atomic mass is 10.0. The van der Waals surface area contributed by atoms with Crippen LogP contribution in [0.3, 0.4) is 0 Å². The van der Waals surface area contributed by atoms with Crippen LogP contribution < -0.4 is 0 Å². The standard InChI is InChI=1S/C14H12Cl2N2O3/c15-9-1-2-12(11(16)5-9)18-6-10(14(19)20)13(17-18)8-3-4-21-7-8/h1-2,5-6,8H,3-4,7H2,(H,19,20). The van der Waals surface area contributed by atoms with Gasteiger partial charge in [0.25, 0.3) is 0 Å². The van der Waals surface area contributed by atoms with Gasteiger partial charge in [0.15, 0.2) is 0 Å². The molecule has 0 amide bonds. The van der Waals surface area contributed by atoms with Crippen molar-refractivity contribution in [1.82, 2.24) is 9.78 Å². The van der Waals surface area contributed by atoms with Crippen LogP contribution in [0, 0.1) is 0 Å². The van der Waals surface area contributed by atoms with Gasteiger partial charge in [-0.05, 0) is 24.6 Å². The van der Waals surface area contributed by atoms with Crippen molar-refractivity contribution in [2.45, 2.75) is 12.3 Å². The average Bonchev–Trinajstić information content (AvgIpc) is 3.07. The normalized spacial score (nSPS) is 18.1. The average molecular weight is 327 g/mol. The van der Waals surface area contributed by atoms with Crippen LogP contribution in [0.5, 0.6) is 0 Å². The van der Waals surface area contributed by atoms with Crippen molar-refractivity contribution in [2.75, 3.05) is 13.2 Å². The molecule has 5 nitrogen and oxygen atoms in total. The number of carbonyl (C=O) groups is 1. The molecule has 0 bridgehead atoms. The van der Waals surface area contributed by atoms with E-state index in [-0.39, 0.29) is 11.5 Å². The molecule has 1 aliphatic rings. The van der Waals surface area contributed by atoms with Crippen molar-refractivity contribution in [1.29, 1.82) is 0 Å². The number of aromatic carboxylic acids is 1. The zero-order chi connectivity index (χ0) is 15.0. The number of nitrogens with zero attached hydrogens (tertiary/aromatic N) is 2. The third-order valence-electron chi connectivity index (χ3n) is 3.45. The first-order valence-corrected chi connectivity index (χ1v) is 7.18. The smallest absolute Gasteiger partial charge is 0.339 e. The van der Waals surface area contributed by atoms with Crippen LogP contribution in [0.4, 0.5) is 0 Å². The summed E-state index contributed by atoms with van der Waals surface area (Å²) in [5, 5.41) is 14.7. The number of carboxylic acids is 1. The van der Waals surface area contributed by atoms with Crippen LogP contribution in [0.15, 0.2) is 24.4 Å². The zero-order valence-electron chi connectivity index (χ0n) is 10.9. The van der Waals surface area contributed by atoms with Crippen molar-refractivity contribution in [3.63, 3.8) is 0 Å². The van der Waals surface area contributed by atoms with Crippen LogP contribution in [0.2, 0.25) is 10.0 Å². The summed E-state index contributed by atoms with van der Waals surface area (Å²) in [6.45, 7) is 1.12. The molecule has 0 radical (unpaired) electrons. The van der Waals surface area contributed by atoms with E-state index in [9.17, 15) is 9.90 Å². The number of hydrogen-bond donors (Lipinski definition) is 1. The van der Waals surface area contributed by atoms with Crippen molar-refractivity contribution in [3.05, 3.63) is 45.7 Å². The SMILES string of the molecule is O=C(O)c1cn(-c2ccc(Cl)cc2Cl)nc1C1CCOC1. The van der Waals surface area contributed by atoms with Crippen molar-refractivity contribution >= 4 is 29.2 Å². The Labute approximate surface area is 131 Å². The van der Waals surface area contributed by atoms with Gasteiger partial charge in [0.2, 0.25) is 0 Å². The lowest BCUT2D eigenvalue weighted by molar-refractivity contribution is 0.0695. The molecule has 1 atom stereocenters. The lowest BCUT2D eigenvalue weighted by Crippen LogP contribution is -2.06. The third kappa shape index (κ3) is 2.77. The molecule has 3 rings (SSSR count). The number of halogens is 2. The molecule has 2 heterocycles. The van der Waals surface area contributed by atoms with E-state index >= 15 is 0 Å². The van der Waals surface area contributed by atoms with Gasteiger partial charge >= 0.3 is 5.97 Å². The molecule has 110 valence electrons. The summed E-state index contributed by atoms with van der Waals surface area (Å²) in [5.74, 6) is -1.00. The summed E-state index contributed by atoms with van der Waals surface area (Å²) in [5.41, 5.74) is 1.30. The molecule has 0 saturated carbocycles. The number of benzene rings is 1. The van der Waals surface area contributed by atoms with E-state index in [0.29, 0.717) is 34.6 Å². The second kappa shape index (κ2) is 5.67. The van der Waals surface area contributed by atoms with Gasteiger partial charge in [-0.2, -0.15) is 5.10 Å². The van der Waals surface area contributed by atoms with E-state index < -0.39 is 5.97 Å². The second-order valence-electron chi connectivity index (χ2n) is 4.83. The highest BCUT2D eigenvalue weighted by molar-refractivity contribution is 6.35. The summed E-state index contributed by atoms with van der Waals surface area (Å²) in [7, 11) is 0. The van der Waals surface area contributed by atoms with E-state index in [4.69, 9.17) is 27.9 Å². The molecule has 1 aliphatic heterocycles. The van der Waals surface area contributed by atoms with Gasteiger partial charge < -0.3 is 9.84 Å². The molecule has 1 aromatic heterocycles. The highest BCUT2D eigenvalue weighted by Crippen LogP contribution is 2.30. The minimum atomic E-state index is -1.01. The van der Waals surface area contributed by atoms with E-state index in [1.807, 2.05) is 0 Å². The Kier molecular flexibility index (Phi) is 3.89. The summed E-state index contributed by atoms with van der Waals surface area (Å²) in [4.78, 5) is 11.4. The topological polar surface area (TPSA) is 64.3 Å². The number of rotatable bonds is 3. The fourth-order valence-corrected chi connectivity index (χ4v) is 2.89. The number of carboxylic acid groups (broad SMARTS) is 1. The van der Waals surface area contributed by atoms with E-state index in [1.54, 1.807) is 18.2 Å².